The van der Waals surface area contributed by atoms with Gasteiger partial charge in [-0.05, 0) is 37.3 Å². The molecule has 0 saturated heterocycles. The molecule has 1 aromatic heterocycles. The molecule has 0 aliphatic carbocycles. The van der Waals surface area contributed by atoms with E-state index in [1.807, 2.05) is 25.1 Å². The Morgan fingerprint density at radius 1 is 1.18 bits per heavy atom. The number of nitrogens with one attached hydrogen (secondary N) is 2. The second-order valence-corrected chi connectivity index (χ2v) is 4.64. The van der Waals surface area contributed by atoms with Crippen LogP contribution in [0.4, 0.5) is 10.6 Å². The Labute approximate surface area is 129 Å². The highest BCUT2D eigenvalue weighted by Crippen LogP contribution is 2.29. The highest BCUT2D eigenvalue weighted by Gasteiger charge is 2.15. The molecule has 1 aromatic carbocycles. The van der Waals surface area contributed by atoms with Crippen molar-refractivity contribution >= 4 is 11.8 Å². The zero-order chi connectivity index (χ0) is 15.9. The van der Waals surface area contributed by atoms with Gasteiger partial charge in [-0.2, -0.15) is 0 Å². The van der Waals surface area contributed by atoms with Crippen LogP contribution in [0.5, 0.6) is 11.5 Å². The van der Waals surface area contributed by atoms with Gasteiger partial charge in [0.1, 0.15) is 17.3 Å². The van der Waals surface area contributed by atoms with Gasteiger partial charge in [-0.15, -0.1) is 0 Å². The average Bonchev–Trinajstić information content (AvgIpc) is 2.54. The van der Waals surface area contributed by atoms with Crippen molar-refractivity contribution < 1.29 is 14.3 Å². The third kappa shape index (κ3) is 3.88. The maximum Gasteiger partial charge on any atom is 0.320 e. The predicted octanol–water partition coefficient (Wildman–Crippen LogP) is 2.98. The molecule has 0 saturated carbocycles. The zero-order valence-electron chi connectivity index (χ0n) is 12.8. The Kier molecular flexibility index (Phi) is 5.19. The topological polar surface area (TPSA) is 72.5 Å². The molecule has 1 heterocycles. The average molecular weight is 301 g/mol. The van der Waals surface area contributed by atoms with Crippen LogP contribution in [0, 0.1) is 0 Å². The Morgan fingerprint density at radius 2 is 2.00 bits per heavy atom. The maximum absolute atomic E-state index is 12.0. The van der Waals surface area contributed by atoms with Crippen LogP contribution >= 0.6 is 0 Å². The molecule has 2 amide bonds. The number of carbonyl (C=O) groups is 1. The second-order valence-electron chi connectivity index (χ2n) is 4.64. The number of hydrogen-bond acceptors (Lipinski definition) is 4. The second kappa shape index (κ2) is 7.31. The lowest BCUT2D eigenvalue weighted by atomic mass is 10.1. The maximum atomic E-state index is 12.0. The van der Waals surface area contributed by atoms with E-state index in [0.717, 1.165) is 5.56 Å². The lowest BCUT2D eigenvalue weighted by molar-refractivity contribution is 0.249. The molecule has 0 aliphatic rings. The molecule has 0 bridgehead atoms. The van der Waals surface area contributed by atoms with Crippen molar-refractivity contribution in [2.24, 2.45) is 0 Å². The van der Waals surface area contributed by atoms with Crippen LogP contribution in [0.1, 0.15) is 18.5 Å². The summed E-state index contributed by atoms with van der Waals surface area (Å²) >= 11 is 0. The van der Waals surface area contributed by atoms with E-state index in [-0.39, 0.29) is 12.1 Å². The van der Waals surface area contributed by atoms with Gasteiger partial charge >= 0.3 is 6.03 Å². The monoisotopic (exact) mass is 301 g/mol. The molecule has 2 aromatic rings. The first-order valence-corrected chi connectivity index (χ1v) is 6.84. The number of ether oxygens (including phenoxy) is 2. The molecule has 116 valence electrons. The number of benzene rings is 1. The van der Waals surface area contributed by atoms with E-state index in [0.29, 0.717) is 17.3 Å². The van der Waals surface area contributed by atoms with Gasteiger partial charge in [-0.25, -0.2) is 9.78 Å². The van der Waals surface area contributed by atoms with Gasteiger partial charge in [-0.3, -0.25) is 5.32 Å². The number of urea groups is 1. The van der Waals surface area contributed by atoms with E-state index < -0.39 is 0 Å². The fraction of sp³-hybridized carbons (Fsp3) is 0.250. The minimum atomic E-state index is -0.337. The highest BCUT2D eigenvalue weighted by atomic mass is 16.5. The summed E-state index contributed by atoms with van der Waals surface area (Å²) in [5.41, 5.74) is 0.832. The minimum Gasteiger partial charge on any atom is -0.497 e. The van der Waals surface area contributed by atoms with Gasteiger partial charge in [0.05, 0.1) is 20.3 Å². The molecule has 0 spiro atoms. The van der Waals surface area contributed by atoms with Crippen LogP contribution in [0.3, 0.4) is 0 Å². The minimum absolute atomic E-state index is 0.256. The summed E-state index contributed by atoms with van der Waals surface area (Å²) in [5, 5.41) is 5.52. The quantitative estimate of drug-likeness (QED) is 0.890. The molecule has 2 rings (SSSR count). The normalized spacial score (nSPS) is 11.4. The molecular formula is C16H19N3O3. The lowest BCUT2D eigenvalue weighted by Crippen LogP contribution is -2.31. The number of carbonyl (C=O) groups excluding carboxylic acids is 1. The first kappa shape index (κ1) is 15.6. The summed E-state index contributed by atoms with van der Waals surface area (Å²) in [6.45, 7) is 1.87. The smallest absolute Gasteiger partial charge is 0.320 e. The molecule has 0 fully saturated rings. The van der Waals surface area contributed by atoms with Gasteiger partial charge in [0.15, 0.2) is 0 Å². The van der Waals surface area contributed by atoms with Gasteiger partial charge in [0.2, 0.25) is 0 Å². The zero-order valence-corrected chi connectivity index (χ0v) is 12.8. The van der Waals surface area contributed by atoms with Gasteiger partial charge in [-0.1, -0.05) is 6.07 Å². The van der Waals surface area contributed by atoms with Crippen LogP contribution in [-0.4, -0.2) is 25.2 Å². The van der Waals surface area contributed by atoms with Crippen LogP contribution < -0.4 is 20.1 Å². The number of rotatable bonds is 5. The van der Waals surface area contributed by atoms with E-state index in [4.69, 9.17) is 9.47 Å². The summed E-state index contributed by atoms with van der Waals surface area (Å²) in [6.07, 6.45) is 1.62. The third-order valence-corrected chi connectivity index (χ3v) is 3.16. The number of aromatic nitrogens is 1. The summed E-state index contributed by atoms with van der Waals surface area (Å²) in [4.78, 5) is 16.1. The van der Waals surface area contributed by atoms with Crippen LogP contribution in [0.25, 0.3) is 0 Å². The summed E-state index contributed by atoms with van der Waals surface area (Å²) < 4.78 is 10.5. The Hall–Kier alpha value is -2.76. The first-order valence-electron chi connectivity index (χ1n) is 6.84. The van der Waals surface area contributed by atoms with Crippen LogP contribution in [-0.2, 0) is 0 Å². The number of methoxy groups -OCH3 is 2. The van der Waals surface area contributed by atoms with E-state index in [1.54, 1.807) is 38.6 Å². The van der Waals surface area contributed by atoms with Crippen molar-refractivity contribution in [1.29, 1.82) is 0 Å². The van der Waals surface area contributed by atoms with E-state index in [2.05, 4.69) is 15.6 Å². The summed E-state index contributed by atoms with van der Waals surface area (Å²) in [7, 11) is 3.18. The van der Waals surface area contributed by atoms with Crippen molar-refractivity contribution in [3.8, 4) is 11.5 Å². The van der Waals surface area contributed by atoms with Gasteiger partial charge in [0, 0.05) is 11.8 Å². The van der Waals surface area contributed by atoms with Crippen molar-refractivity contribution in [3.63, 3.8) is 0 Å². The molecule has 6 heteroatoms. The van der Waals surface area contributed by atoms with E-state index >= 15 is 0 Å². The highest BCUT2D eigenvalue weighted by molar-refractivity contribution is 5.88. The van der Waals surface area contributed by atoms with Crippen molar-refractivity contribution in [1.82, 2.24) is 10.3 Å². The molecule has 6 nitrogen and oxygen atoms in total. The third-order valence-electron chi connectivity index (χ3n) is 3.16. The van der Waals surface area contributed by atoms with Crippen molar-refractivity contribution in [2.45, 2.75) is 13.0 Å². The fourth-order valence-corrected chi connectivity index (χ4v) is 2.04. The Morgan fingerprint density at radius 3 is 2.64 bits per heavy atom. The largest absolute Gasteiger partial charge is 0.497 e. The number of nitrogens with zero attached hydrogens (tertiary/aromatic N) is 1. The van der Waals surface area contributed by atoms with E-state index in [1.165, 1.54) is 0 Å². The standard InChI is InChI=1S/C16H19N3O3/c1-11(13-10-12(21-2)7-8-14(13)22-3)18-16(20)19-15-6-4-5-9-17-15/h4-11H,1-3H3,(H2,17,18,19,20). The molecule has 0 aliphatic heterocycles. The number of anilines is 1. The molecule has 0 radical (unpaired) electrons. The van der Waals surface area contributed by atoms with E-state index in [9.17, 15) is 4.79 Å². The number of hydrogen-bond donors (Lipinski definition) is 2. The Bertz CT molecular complexity index is 632. The molecule has 1 atom stereocenters. The first-order chi connectivity index (χ1) is 10.6. The van der Waals surface area contributed by atoms with Crippen molar-refractivity contribution in [2.75, 3.05) is 19.5 Å². The number of pyridine rings is 1. The van der Waals surface area contributed by atoms with Crippen molar-refractivity contribution in [3.05, 3.63) is 48.2 Å². The fourth-order valence-electron chi connectivity index (χ4n) is 2.04. The Balaban J connectivity index is 2.08. The SMILES string of the molecule is COc1ccc(OC)c(C(C)NC(=O)Nc2ccccn2)c1. The number of amides is 2. The molecule has 1 unspecified atom stereocenters. The molecule has 22 heavy (non-hydrogen) atoms. The van der Waals surface area contributed by atoms with Gasteiger partial charge < -0.3 is 14.8 Å². The summed E-state index contributed by atoms with van der Waals surface area (Å²) in [5.74, 6) is 1.88. The van der Waals surface area contributed by atoms with Crippen LogP contribution in [0.15, 0.2) is 42.6 Å². The molecule has 2 N–H and O–H groups in total. The lowest BCUT2D eigenvalue weighted by Gasteiger charge is -2.18. The summed E-state index contributed by atoms with van der Waals surface area (Å²) in [6, 6.07) is 10.2. The predicted molar refractivity (Wildman–Crippen MR) is 84.4 cm³/mol. The van der Waals surface area contributed by atoms with Gasteiger partial charge in [0.25, 0.3) is 0 Å². The van der Waals surface area contributed by atoms with Crippen LogP contribution in [0.2, 0.25) is 0 Å². The molecular weight excluding hydrogens is 282 g/mol.